The molecule has 1 aromatic carbocycles. The van der Waals surface area contributed by atoms with Gasteiger partial charge >= 0.3 is 6.03 Å². The number of rotatable bonds is 6. The number of likely N-dealkylation sites (tertiary alicyclic amines) is 1. The van der Waals surface area contributed by atoms with Gasteiger partial charge in [0.1, 0.15) is 5.01 Å². The average Bonchev–Trinajstić information content (AvgIpc) is 3.33. The van der Waals surface area contributed by atoms with Crippen LogP contribution in [0, 0.1) is 0 Å². The molecule has 1 aliphatic carbocycles. The second kappa shape index (κ2) is 8.85. The monoisotopic (exact) mass is 385 g/mol. The zero-order chi connectivity index (χ0) is 18.5. The number of benzene rings is 1. The fourth-order valence-corrected chi connectivity index (χ4v) is 4.99. The number of hydrogen-bond acceptors (Lipinski definition) is 4. The summed E-state index contributed by atoms with van der Waals surface area (Å²) in [5, 5.41) is 4.10. The number of amides is 2. The Morgan fingerprint density at radius 2 is 2.07 bits per heavy atom. The van der Waals surface area contributed by atoms with Crippen LogP contribution in [0.4, 0.5) is 4.79 Å². The minimum atomic E-state index is 0.00832. The first kappa shape index (κ1) is 18.4. The van der Waals surface area contributed by atoms with E-state index in [2.05, 4.69) is 17.4 Å². The molecule has 0 radical (unpaired) electrons. The third kappa shape index (κ3) is 4.68. The smallest absolute Gasteiger partial charge is 0.318 e. The van der Waals surface area contributed by atoms with E-state index in [4.69, 9.17) is 9.72 Å². The van der Waals surface area contributed by atoms with Gasteiger partial charge in [-0.3, -0.25) is 0 Å². The molecule has 0 saturated carbocycles. The largest absolute Gasteiger partial charge is 0.375 e. The molecule has 1 N–H and O–H groups in total. The van der Waals surface area contributed by atoms with Gasteiger partial charge in [-0.1, -0.05) is 30.3 Å². The highest BCUT2D eigenvalue weighted by atomic mass is 32.1. The predicted octanol–water partition coefficient (Wildman–Crippen LogP) is 3.91. The molecule has 5 nitrogen and oxygen atoms in total. The van der Waals surface area contributed by atoms with E-state index in [1.54, 1.807) is 11.3 Å². The molecule has 1 aromatic heterocycles. The first-order valence-electron chi connectivity index (χ1n) is 9.93. The molecule has 2 amide bonds. The quantitative estimate of drug-likeness (QED) is 0.820. The van der Waals surface area contributed by atoms with Gasteiger partial charge in [0.05, 0.1) is 31.5 Å². The van der Waals surface area contributed by atoms with E-state index in [0.717, 1.165) is 37.2 Å². The Balaban J connectivity index is 1.25. The van der Waals surface area contributed by atoms with Crippen LogP contribution in [0.2, 0.25) is 0 Å². The molecule has 2 aromatic rings. The molecular formula is C21H27N3O2S. The van der Waals surface area contributed by atoms with E-state index in [0.29, 0.717) is 19.8 Å². The molecular weight excluding hydrogens is 358 g/mol. The van der Waals surface area contributed by atoms with Crippen LogP contribution >= 0.6 is 11.3 Å². The second-order valence-electron chi connectivity index (χ2n) is 7.33. The zero-order valence-corrected chi connectivity index (χ0v) is 16.5. The third-order valence-corrected chi connectivity index (χ3v) is 6.50. The van der Waals surface area contributed by atoms with Gasteiger partial charge < -0.3 is 15.0 Å². The topological polar surface area (TPSA) is 54.5 Å². The number of aryl methyl sites for hydroxylation is 2. The van der Waals surface area contributed by atoms with Crippen molar-refractivity contribution in [2.24, 2.45) is 0 Å². The minimum absolute atomic E-state index is 0.00832. The van der Waals surface area contributed by atoms with Crippen molar-refractivity contribution in [2.75, 3.05) is 13.2 Å². The maximum atomic E-state index is 12.6. The number of carbonyl (C=O) groups is 1. The number of fused-ring (bicyclic) bond motifs is 1. The van der Waals surface area contributed by atoms with Crippen LogP contribution in [0.1, 0.15) is 46.8 Å². The van der Waals surface area contributed by atoms with E-state index < -0.39 is 0 Å². The third-order valence-electron chi connectivity index (χ3n) is 5.34. The summed E-state index contributed by atoms with van der Waals surface area (Å²) < 4.78 is 5.87. The summed E-state index contributed by atoms with van der Waals surface area (Å²) in [6.45, 7) is 2.52. The fourth-order valence-electron chi connectivity index (χ4n) is 3.90. The lowest BCUT2D eigenvalue weighted by Gasteiger charge is -2.24. The maximum absolute atomic E-state index is 12.6. The van der Waals surface area contributed by atoms with Gasteiger partial charge in [-0.15, -0.1) is 11.3 Å². The SMILES string of the molecule is O=C(NCc1nc2c(s1)CCCC2)N1CCC[C@@H]1COCc1ccccc1. The number of nitrogens with zero attached hydrogens (tertiary/aromatic N) is 2. The van der Waals surface area contributed by atoms with Crippen LogP contribution in [0.5, 0.6) is 0 Å². The van der Waals surface area contributed by atoms with Gasteiger partial charge in [0, 0.05) is 11.4 Å². The Bertz CT molecular complexity index is 739. The second-order valence-corrected chi connectivity index (χ2v) is 8.50. The number of carbonyl (C=O) groups excluding carboxylic acids is 1. The van der Waals surface area contributed by atoms with E-state index in [1.807, 2.05) is 23.1 Å². The Labute approximate surface area is 164 Å². The summed E-state index contributed by atoms with van der Waals surface area (Å²) >= 11 is 1.76. The van der Waals surface area contributed by atoms with Crippen LogP contribution in [-0.4, -0.2) is 35.1 Å². The number of ether oxygens (including phenoxy) is 1. The van der Waals surface area contributed by atoms with Gasteiger partial charge in [-0.25, -0.2) is 9.78 Å². The van der Waals surface area contributed by atoms with E-state index in [9.17, 15) is 4.79 Å². The number of aromatic nitrogens is 1. The molecule has 1 fully saturated rings. The molecule has 144 valence electrons. The van der Waals surface area contributed by atoms with E-state index >= 15 is 0 Å². The lowest BCUT2D eigenvalue weighted by atomic mass is 10.0. The molecule has 6 heteroatoms. The van der Waals surface area contributed by atoms with Crippen molar-refractivity contribution in [3.8, 4) is 0 Å². The highest BCUT2D eigenvalue weighted by Gasteiger charge is 2.29. The lowest BCUT2D eigenvalue weighted by Crippen LogP contribution is -2.44. The summed E-state index contributed by atoms with van der Waals surface area (Å²) in [6, 6.07) is 10.3. The van der Waals surface area contributed by atoms with Crippen molar-refractivity contribution >= 4 is 17.4 Å². The highest BCUT2D eigenvalue weighted by molar-refractivity contribution is 7.11. The summed E-state index contributed by atoms with van der Waals surface area (Å²) in [7, 11) is 0. The normalized spacial score (nSPS) is 19.1. The van der Waals surface area contributed by atoms with Crippen molar-refractivity contribution in [2.45, 2.75) is 57.7 Å². The molecule has 27 heavy (non-hydrogen) atoms. The van der Waals surface area contributed by atoms with Crippen LogP contribution in [0.3, 0.4) is 0 Å². The van der Waals surface area contributed by atoms with Gasteiger partial charge in [0.15, 0.2) is 0 Å². The molecule has 1 atom stereocenters. The van der Waals surface area contributed by atoms with Gasteiger partial charge in [-0.2, -0.15) is 0 Å². The number of urea groups is 1. The maximum Gasteiger partial charge on any atom is 0.318 e. The Hall–Kier alpha value is -1.92. The average molecular weight is 386 g/mol. The van der Waals surface area contributed by atoms with Crippen molar-refractivity contribution in [3.05, 3.63) is 51.5 Å². The van der Waals surface area contributed by atoms with Crippen molar-refractivity contribution in [1.29, 1.82) is 0 Å². The van der Waals surface area contributed by atoms with Crippen molar-refractivity contribution < 1.29 is 9.53 Å². The standard InChI is InChI=1S/C21H27N3O2S/c25-21(22-13-20-23-18-10-4-5-11-19(18)27-20)24-12-6-9-17(24)15-26-14-16-7-2-1-3-8-16/h1-3,7-8,17H,4-6,9-15H2,(H,22,25)/t17-/m1/s1. The Kier molecular flexibility index (Phi) is 6.04. The molecule has 2 aliphatic rings. The molecule has 0 spiro atoms. The van der Waals surface area contributed by atoms with E-state index in [-0.39, 0.29) is 12.1 Å². The molecule has 4 rings (SSSR count). The highest BCUT2D eigenvalue weighted by Crippen LogP contribution is 2.26. The molecule has 0 bridgehead atoms. The Morgan fingerprint density at radius 1 is 1.22 bits per heavy atom. The van der Waals surface area contributed by atoms with Crippen LogP contribution in [-0.2, 0) is 30.7 Å². The van der Waals surface area contributed by atoms with E-state index in [1.165, 1.54) is 29.0 Å². The fraction of sp³-hybridized carbons (Fsp3) is 0.524. The van der Waals surface area contributed by atoms with Crippen molar-refractivity contribution in [1.82, 2.24) is 15.2 Å². The van der Waals surface area contributed by atoms with Crippen LogP contribution < -0.4 is 5.32 Å². The predicted molar refractivity (Wildman–Crippen MR) is 107 cm³/mol. The number of hydrogen-bond donors (Lipinski definition) is 1. The summed E-state index contributed by atoms with van der Waals surface area (Å²) in [5.41, 5.74) is 2.42. The van der Waals surface area contributed by atoms with Crippen LogP contribution in [0.15, 0.2) is 30.3 Å². The van der Waals surface area contributed by atoms with Crippen molar-refractivity contribution in [3.63, 3.8) is 0 Å². The Morgan fingerprint density at radius 3 is 2.93 bits per heavy atom. The van der Waals surface area contributed by atoms with Gasteiger partial charge in [-0.05, 0) is 44.1 Å². The van der Waals surface area contributed by atoms with Gasteiger partial charge in [0.25, 0.3) is 0 Å². The zero-order valence-electron chi connectivity index (χ0n) is 15.7. The summed E-state index contributed by atoms with van der Waals surface area (Å²) in [5.74, 6) is 0. The number of thiazole rings is 1. The molecule has 2 heterocycles. The van der Waals surface area contributed by atoms with Crippen LogP contribution in [0.25, 0.3) is 0 Å². The summed E-state index contributed by atoms with van der Waals surface area (Å²) in [6.07, 6.45) is 6.78. The molecule has 1 aliphatic heterocycles. The first-order chi connectivity index (χ1) is 13.3. The minimum Gasteiger partial charge on any atom is -0.375 e. The molecule has 1 saturated heterocycles. The first-order valence-corrected chi connectivity index (χ1v) is 10.7. The number of nitrogens with one attached hydrogen (secondary N) is 1. The summed E-state index contributed by atoms with van der Waals surface area (Å²) in [4.78, 5) is 20.7. The lowest BCUT2D eigenvalue weighted by molar-refractivity contribution is 0.0754. The van der Waals surface area contributed by atoms with Gasteiger partial charge in [0.2, 0.25) is 0 Å². The molecule has 0 unspecified atom stereocenters.